The number of carbonyl (C=O) groups is 1. The maximum absolute atomic E-state index is 10.6. The van der Waals surface area contributed by atoms with Crippen molar-refractivity contribution in [3.05, 3.63) is 42.6 Å². The molecule has 0 radical (unpaired) electrons. The molecule has 3 heterocycles. The maximum atomic E-state index is 10.6. The van der Waals surface area contributed by atoms with E-state index in [4.69, 9.17) is 0 Å². The molecule has 1 saturated heterocycles. The van der Waals surface area contributed by atoms with E-state index in [0.717, 1.165) is 36.5 Å². The third kappa shape index (κ3) is 1.84. The van der Waals surface area contributed by atoms with Crippen LogP contribution in [0.2, 0.25) is 0 Å². The van der Waals surface area contributed by atoms with Gasteiger partial charge in [-0.2, -0.15) is 0 Å². The highest BCUT2D eigenvalue weighted by Gasteiger charge is 2.30. The van der Waals surface area contributed by atoms with Crippen molar-refractivity contribution in [3.63, 3.8) is 0 Å². The lowest BCUT2D eigenvalue weighted by Gasteiger charge is -2.36. The topological polar surface area (TPSA) is 59.0 Å². The molecule has 2 aromatic heterocycles. The van der Waals surface area contributed by atoms with Gasteiger partial charge in [-0.15, -0.1) is 0 Å². The van der Waals surface area contributed by atoms with Crippen molar-refractivity contribution >= 4 is 6.41 Å². The Hall–Kier alpha value is -2.30. The molecule has 0 aromatic carbocycles. The highest BCUT2D eigenvalue weighted by Crippen LogP contribution is 2.30. The summed E-state index contributed by atoms with van der Waals surface area (Å²) in [6, 6.07) is 3.85. The zero-order valence-corrected chi connectivity index (χ0v) is 9.73. The Balaban J connectivity index is 1.94. The summed E-state index contributed by atoms with van der Waals surface area (Å²) in [6.45, 7) is 1.44. The van der Waals surface area contributed by atoms with Gasteiger partial charge >= 0.3 is 0 Å². The van der Waals surface area contributed by atoms with Gasteiger partial charge in [-0.25, -0.2) is 0 Å². The Morgan fingerprint density at radius 3 is 2.78 bits per heavy atom. The highest BCUT2D eigenvalue weighted by atomic mass is 16.1. The van der Waals surface area contributed by atoms with Crippen LogP contribution in [0, 0.1) is 0 Å². The lowest BCUT2D eigenvalue weighted by molar-refractivity contribution is -0.122. The number of hydrogen-bond donors (Lipinski definition) is 0. The molecule has 3 rings (SSSR count). The monoisotopic (exact) mass is 240 g/mol. The molecule has 1 aliphatic heterocycles. The number of carbonyl (C=O) groups excluding carboxylic acids is 1. The Morgan fingerprint density at radius 1 is 1.22 bits per heavy atom. The van der Waals surface area contributed by atoms with Crippen LogP contribution >= 0.6 is 0 Å². The molecule has 1 fully saturated rings. The van der Waals surface area contributed by atoms with Crippen LogP contribution in [-0.4, -0.2) is 39.4 Å². The van der Waals surface area contributed by atoms with Crippen molar-refractivity contribution in [1.82, 2.24) is 19.9 Å². The van der Waals surface area contributed by atoms with Crippen molar-refractivity contribution in [3.8, 4) is 11.3 Å². The fourth-order valence-electron chi connectivity index (χ4n) is 2.14. The van der Waals surface area contributed by atoms with Crippen LogP contribution in [0.5, 0.6) is 0 Å². The summed E-state index contributed by atoms with van der Waals surface area (Å²) in [5.74, 6) is 0.277. The van der Waals surface area contributed by atoms with E-state index in [1.165, 1.54) is 0 Å². The molecule has 90 valence electrons. The van der Waals surface area contributed by atoms with Crippen molar-refractivity contribution < 1.29 is 4.79 Å². The van der Waals surface area contributed by atoms with Crippen LogP contribution in [0.15, 0.2) is 36.9 Å². The molecule has 5 nitrogen and oxygen atoms in total. The van der Waals surface area contributed by atoms with Gasteiger partial charge in [-0.3, -0.25) is 19.7 Å². The van der Waals surface area contributed by atoms with E-state index in [1.807, 2.05) is 12.1 Å². The molecule has 2 aromatic rings. The molecule has 0 aliphatic carbocycles. The number of nitrogens with zero attached hydrogens (tertiary/aromatic N) is 4. The molecule has 0 bridgehead atoms. The van der Waals surface area contributed by atoms with Gasteiger partial charge in [0, 0.05) is 49.4 Å². The maximum Gasteiger partial charge on any atom is 0.209 e. The first-order valence-electron chi connectivity index (χ1n) is 5.79. The summed E-state index contributed by atoms with van der Waals surface area (Å²) in [5, 5.41) is 0. The third-order valence-electron chi connectivity index (χ3n) is 3.11. The normalized spacial score (nSPS) is 15.2. The minimum absolute atomic E-state index is 0.277. The quantitative estimate of drug-likeness (QED) is 0.754. The minimum atomic E-state index is 0.277. The fraction of sp³-hybridized carbons (Fsp3) is 0.231. The van der Waals surface area contributed by atoms with Crippen LogP contribution < -0.4 is 0 Å². The molecule has 0 atom stereocenters. The molecule has 18 heavy (non-hydrogen) atoms. The van der Waals surface area contributed by atoms with E-state index in [-0.39, 0.29) is 5.92 Å². The highest BCUT2D eigenvalue weighted by molar-refractivity contribution is 5.62. The summed E-state index contributed by atoms with van der Waals surface area (Å²) >= 11 is 0. The van der Waals surface area contributed by atoms with Gasteiger partial charge in [0.1, 0.15) is 0 Å². The van der Waals surface area contributed by atoms with Gasteiger partial charge < -0.3 is 4.90 Å². The van der Waals surface area contributed by atoms with Gasteiger partial charge in [-0.05, 0) is 12.1 Å². The molecule has 1 amide bonds. The zero-order chi connectivity index (χ0) is 12.4. The fourth-order valence-corrected chi connectivity index (χ4v) is 2.14. The molecule has 0 N–H and O–H groups in total. The van der Waals surface area contributed by atoms with Crippen LogP contribution in [0.25, 0.3) is 11.3 Å². The van der Waals surface area contributed by atoms with Crippen LogP contribution in [0.3, 0.4) is 0 Å². The van der Waals surface area contributed by atoms with Crippen LogP contribution in [0.1, 0.15) is 11.6 Å². The first kappa shape index (κ1) is 10.8. The lowest BCUT2D eigenvalue weighted by atomic mass is 9.93. The predicted molar refractivity (Wildman–Crippen MR) is 65.6 cm³/mol. The first-order valence-corrected chi connectivity index (χ1v) is 5.79. The van der Waals surface area contributed by atoms with E-state index >= 15 is 0 Å². The summed E-state index contributed by atoms with van der Waals surface area (Å²) < 4.78 is 0. The zero-order valence-electron chi connectivity index (χ0n) is 9.73. The van der Waals surface area contributed by atoms with Crippen molar-refractivity contribution in [2.24, 2.45) is 0 Å². The average molecular weight is 240 g/mol. The number of likely N-dealkylation sites (tertiary alicyclic amines) is 1. The van der Waals surface area contributed by atoms with E-state index < -0.39 is 0 Å². The second-order valence-corrected chi connectivity index (χ2v) is 4.29. The Labute approximate surface area is 105 Å². The Kier molecular flexibility index (Phi) is 2.72. The minimum Gasteiger partial charge on any atom is -0.344 e. The van der Waals surface area contributed by atoms with Gasteiger partial charge in [0.2, 0.25) is 6.41 Å². The number of hydrogen-bond acceptors (Lipinski definition) is 4. The van der Waals surface area contributed by atoms with Crippen molar-refractivity contribution in [2.45, 2.75) is 5.92 Å². The largest absolute Gasteiger partial charge is 0.344 e. The number of aromatic nitrogens is 3. The molecule has 0 saturated carbocycles. The van der Waals surface area contributed by atoms with E-state index in [9.17, 15) is 4.79 Å². The van der Waals surface area contributed by atoms with Gasteiger partial charge in [0.05, 0.1) is 11.4 Å². The summed E-state index contributed by atoms with van der Waals surface area (Å²) in [6.07, 6.45) is 7.76. The molecular formula is C13H12N4O. The Bertz CT molecular complexity index is 552. The lowest BCUT2D eigenvalue weighted by Crippen LogP contribution is -2.44. The number of amides is 1. The number of pyridine rings is 1. The number of rotatable bonds is 3. The molecule has 5 heteroatoms. The summed E-state index contributed by atoms with van der Waals surface area (Å²) in [7, 11) is 0. The smallest absolute Gasteiger partial charge is 0.209 e. The van der Waals surface area contributed by atoms with E-state index in [1.54, 1.807) is 29.7 Å². The summed E-state index contributed by atoms with van der Waals surface area (Å²) in [4.78, 5) is 25.2. The summed E-state index contributed by atoms with van der Waals surface area (Å²) in [5.41, 5.74) is 2.77. The van der Waals surface area contributed by atoms with Gasteiger partial charge in [-0.1, -0.05) is 0 Å². The first-order chi connectivity index (χ1) is 8.88. The standard InChI is InChI=1S/C13H12N4O/c18-9-17-7-11(8-17)13-12(15-4-5-16-13)10-2-1-3-14-6-10/h1-6,9,11H,7-8H2. The average Bonchev–Trinajstić information content (AvgIpc) is 2.39. The van der Waals surface area contributed by atoms with Crippen LogP contribution in [0.4, 0.5) is 0 Å². The molecule has 0 spiro atoms. The molecular weight excluding hydrogens is 228 g/mol. The predicted octanol–water partition coefficient (Wildman–Crippen LogP) is 1.09. The molecule has 1 aliphatic rings. The molecule has 0 unspecified atom stereocenters. The van der Waals surface area contributed by atoms with Crippen LogP contribution in [-0.2, 0) is 4.79 Å². The van der Waals surface area contributed by atoms with E-state index in [2.05, 4.69) is 15.0 Å². The van der Waals surface area contributed by atoms with Gasteiger partial charge in [0.15, 0.2) is 0 Å². The second kappa shape index (κ2) is 4.52. The SMILES string of the molecule is O=CN1CC(c2nccnc2-c2cccnc2)C1. The van der Waals surface area contributed by atoms with E-state index in [0.29, 0.717) is 0 Å². The van der Waals surface area contributed by atoms with Crippen molar-refractivity contribution in [2.75, 3.05) is 13.1 Å². The van der Waals surface area contributed by atoms with Crippen molar-refractivity contribution in [1.29, 1.82) is 0 Å². The Morgan fingerprint density at radius 2 is 2.06 bits per heavy atom. The third-order valence-corrected chi connectivity index (χ3v) is 3.11. The van der Waals surface area contributed by atoms with Gasteiger partial charge in [0.25, 0.3) is 0 Å². The second-order valence-electron chi connectivity index (χ2n) is 4.29.